The molecular formula is C40H36N6O6. The van der Waals surface area contributed by atoms with Crippen LogP contribution in [0, 0.1) is 0 Å². The van der Waals surface area contributed by atoms with Crippen LogP contribution in [0.25, 0.3) is 43.6 Å². The molecular weight excluding hydrogens is 660 g/mol. The molecule has 4 amide bonds. The lowest BCUT2D eigenvalue weighted by Crippen LogP contribution is -2.59. The van der Waals surface area contributed by atoms with Gasteiger partial charge in [-0.2, -0.15) is 0 Å². The van der Waals surface area contributed by atoms with Crippen LogP contribution >= 0.6 is 0 Å². The van der Waals surface area contributed by atoms with E-state index in [1.54, 1.807) is 19.1 Å². The lowest BCUT2D eigenvalue weighted by Gasteiger charge is -2.38. The second-order valence-corrected chi connectivity index (χ2v) is 14.2. The van der Waals surface area contributed by atoms with Crippen molar-refractivity contribution in [1.29, 1.82) is 0 Å². The summed E-state index contributed by atoms with van der Waals surface area (Å²) < 4.78 is 10.7. The zero-order valence-corrected chi connectivity index (χ0v) is 28.8. The smallest absolute Gasteiger partial charge is 0.259 e. The van der Waals surface area contributed by atoms with E-state index in [9.17, 15) is 24.3 Å². The first-order valence-corrected chi connectivity index (χ1v) is 17.3. The normalized spacial score (nSPS) is 22.0. The number of ether oxygens (including phenoxy) is 1. The van der Waals surface area contributed by atoms with Gasteiger partial charge in [-0.1, -0.05) is 54.6 Å². The summed E-state index contributed by atoms with van der Waals surface area (Å²) in [6.07, 6.45) is 2.88. The quantitative estimate of drug-likeness (QED) is 0.135. The Bertz CT molecular complexity index is 2600. The monoisotopic (exact) mass is 696 g/mol. The number of imide groups is 1. The molecule has 262 valence electrons. The van der Waals surface area contributed by atoms with Gasteiger partial charge in [0.25, 0.3) is 17.7 Å². The number of nitrogens with zero attached hydrogens (tertiary/aromatic N) is 3. The third-order valence-electron chi connectivity index (χ3n) is 10.8. The van der Waals surface area contributed by atoms with Gasteiger partial charge in [0.2, 0.25) is 5.91 Å². The van der Waals surface area contributed by atoms with Gasteiger partial charge < -0.3 is 34.5 Å². The minimum atomic E-state index is -2.05. The highest BCUT2D eigenvalue weighted by Crippen LogP contribution is 2.57. The fraction of sp³-hybridized carbons (Fsp3) is 0.250. The van der Waals surface area contributed by atoms with Crippen molar-refractivity contribution in [2.45, 2.75) is 37.3 Å². The maximum absolute atomic E-state index is 14.4. The second kappa shape index (κ2) is 11.3. The first-order chi connectivity index (χ1) is 25.0. The van der Waals surface area contributed by atoms with Gasteiger partial charge in [0, 0.05) is 52.8 Å². The van der Waals surface area contributed by atoms with Gasteiger partial charge in [-0.05, 0) is 57.3 Å². The van der Waals surface area contributed by atoms with E-state index in [0.717, 1.165) is 16.5 Å². The van der Waals surface area contributed by atoms with E-state index in [0.29, 0.717) is 56.9 Å². The number of hydrogen-bond donors (Lipinski definition) is 4. The van der Waals surface area contributed by atoms with Crippen LogP contribution in [0.5, 0.6) is 0 Å². The number of amides is 4. The lowest BCUT2D eigenvalue weighted by molar-refractivity contribution is -0.187. The number of para-hydroxylation sites is 2. The van der Waals surface area contributed by atoms with Gasteiger partial charge in [0.1, 0.15) is 6.23 Å². The van der Waals surface area contributed by atoms with Crippen molar-refractivity contribution in [3.8, 4) is 0 Å². The number of carbonyl (C=O) groups is 4. The van der Waals surface area contributed by atoms with Crippen LogP contribution in [0.3, 0.4) is 0 Å². The summed E-state index contributed by atoms with van der Waals surface area (Å²) in [5, 5.41) is 23.8. The maximum Gasteiger partial charge on any atom is 0.259 e. The van der Waals surface area contributed by atoms with Gasteiger partial charge in [-0.3, -0.25) is 24.5 Å². The Hall–Kier alpha value is -5.82. The summed E-state index contributed by atoms with van der Waals surface area (Å²) in [5.74, 6) is -1.77. The van der Waals surface area contributed by atoms with Gasteiger partial charge in [0.05, 0.1) is 33.2 Å². The van der Waals surface area contributed by atoms with Gasteiger partial charge in [0.15, 0.2) is 11.3 Å². The summed E-state index contributed by atoms with van der Waals surface area (Å²) in [5.41, 5.74) is 1.21. The molecule has 0 saturated carbocycles. The number of hydrogen-bond acceptors (Lipinski definition) is 7. The number of likely N-dealkylation sites (N-methyl/N-ethyl adjacent to an activating group) is 1. The zero-order valence-electron chi connectivity index (χ0n) is 28.8. The van der Waals surface area contributed by atoms with Crippen LogP contribution < -0.4 is 16.0 Å². The predicted octanol–water partition coefficient (Wildman–Crippen LogP) is 4.54. The number of fused-ring (bicyclic) bond motifs is 13. The van der Waals surface area contributed by atoms with E-state index < -0.39 is 35.3 Å². The Morgan fingerprint density at radius 3 is 2.37 bits per heavy atom. The van der Waals surface area contributed by atoms with Crippen molar-refractivity contribution in [2.75, 3.05) is 32.5 Å². The molecule has 0 aliphatic carbocycles. The van der Waals surface area contributed by atoms with E-state index in [4.69, 9.17) is 4.74 Å². The first-order valence-electron chi connectivity index (χ1n) is 17.3. The predicted molar refractivity (Wildman–Crippen MR) is 197 cm³/mol. The maximum atomic E-state index is 14.4. The summed E-state index contributed by atoms with van der Waals surface area (Å²) in [4.78, 5) is 55.7. The molecule has 9 rings (SSSR count). The van der Waals surface area contributed by atoms with Crippen LogP contribution in [-0.2, 0) is 26.5 Å². The van der Waals surface area contributed by atoms with Crippen molar-refractivity contribution in [3.05, 3.63) is 102 Å². The van der Waals surface area contributed by atoms with Crippen LogP contribution in [0.15, 0.2) is 84.9 Å². The number of rotatable bonds is 8. The van der Waals surface area contributed by atoms with Crippen LogP contribution in [0.4, 0.5) is 5.69 Å². The van der Waals surface area contributed by atoms with E-state index in [1.165, 1.54) is 6.08 Å². The molecule has 3 aliphatic heterocycles. The third-order valence-corrected chi connectivity index (χ3v) is 10.8. The van der Waals surface area contributed by atoms with Crippen molar-refractivity contribution in [3.63, 3.8) is 0 Å². The van der Waals surface area contributed by atoms with Gasteiger partial charge in [-0.15, -0.1) is 0 Å². The molecule has 0 radical (unpaired) electrons. The van der Waals surface area contributed by atoms with Gasteiger partial charge >= 0.3 is 0 Å². The largest absolute Gasteiger partial charge is 0.376 e. The molecule has 4 N–H and O–H groups in total. The van der Waals surface area contributed by atoms with Crippen LogP contribution in [0.1, 0.15) is 45.9 Å². The lowest BCUT2D eigenvalue weighted by atomic mass is 9.87. The molecule has 3 aliphatic rings. The van der Waals surface area contributed by atoms with Crippen molar-refractivity contribution in [1.82, 2.24) is 24.7 Å². The fourth-order valence-corrected chi connectivity index (χ4v) is 8.50. The SMILES string of the molecule is CN(C)C/C=C/C(=O)Nc1cccc(CCNC(=O)[C@@]2(O)CC3O[C@]2(C)n2c4ccccc4c4c5c(c6c7ccccc7n3c6c42)C(=O)NC5=O)c1. The zero-order chi connectivity index (χ0) is 36.1. The molecule has 0 spiro atoms. The van der Waals surface area contributed by atoms with Crippen LogP contribution in [0.2, 0.25) is 0 Å². The molecule has 2 aromatic heterocycles. The standard InChI is InChI=1S/C40H36N6O6/c1-39-40(51,38(50)41-18-17-22-10-8-11-23(20-22)42-28(47)16-9-19-44(2)3)21-29(52-39)45-26-14-6-4-12-24(26)30-32-33(37(49)43-36(32)48)31-25-13-5-7-15-27(25)46(39)35(31)34(30)45/h4-16,20,29,51H,17-19,21H2,1-3H3,(H,41,50)(H,42,47)(H,43,48,49)/b16-9+/t29?,39-,40-/m0/s1. The summed E-state index contributed by atoms with van der Waals surface area (Å²) >= 11 is 0. The number of anilines is 1. The van der Waals surface area contributed by atoms with E-state index in [1.807, 2.05) is 94.9 Å². The first kappa shape index (κ1) is 32.1. The molecule has 1 unspecified atom stereocenters. The Kier molecular flexibility index (Phi) is 7.00. The van der Waals surface area contributed by atoms with Crippen LogP contribution in [-0.4, -0.2) is 75.6 Å². The topological polar surface area (TPSA) is 147 Å². The average Bonchev–Trinajstić information content (AvgIpc) is 3.79. The van der Waals surface area contributed by atoms with E-state index in [2.05, 4.69) is 16.0 Å². The Morgan fingerprint density at radius 2 is 1.63 bits per heavy atom. The van der Waals surface area contributed by atoms with E-state index in [-0.39, 0.29) is 24.4 Å². The number of benzene rings is 4. The molecule has 6 aromatic rings. The van der Waals surface area contributed by atoms with E-state index >= 15 is 0 Å². The van der Waals surface area contributed by atoms with Gasteiger partial charge in [-0.25, -0.2) is 0 Å². The second-order valence-electron chi connectivity index (χ2n) is 14.2. The number of nitrogens with one attached hydrogen (secondary N) is 3. The molecule has 3 atom stereocenters. The molecule has 1 saturated heterocycles. The highest BCUT2D eigenvalue weighted by Gasteiger charge is 2.65. The highest BCUT2D eigenvalue weighted by molar-refractivity contribution is 6.39. The number of aromatic nitrogens is 2. The molecule has 12 heteroatoms. The third kappa shape index (κ3) is 4.38. The Labute approximate surface area is 297 Å². The Balaban J connectivity index is 1.11. The average molecular weight is 697 g/mol. The summed E-state index contributed by atoms with van der Waals surface area (Å²) in [6, 6.07) is 22.5. The summed E-state index contributed by atoms with van der Waals surface area (Å²) in [7, 11) is 3.85. The van der Waals surface area contributed by atoms with Crippen molar-refractivity contribution in [2.24, 2.45) is 0 Å². The molecule has 52 heavy (non-hydrogen) atoms. The Morgan fingerprint density at radius 1 is 0.962 bits per heavy atom. The van der Waals surface area contributed by atoms with Crippen molar-refractivity contribution < 1.29 is 29.0 Å². The molecule has 1 fully saturated rings. The molecule has 2 bridgehead atoms. The van der Waals surface area contributed by atoms with Crippen molar-refractivity contribution >= 4 is 72.9 Å². The fourth-order valence-electron chi connectivity index (χ4n) is 8.50. The molecule has 5 heterocycles. The number of aliphatic hydroxyl groups is 1. The minimum Gasteiger partial charge on any atom is -0.376 e. The molecule has 4 aromatic carbocycles. The summed E-state index contributed by atoms with van der Waals surface area (Å²) in [6.45, 7) is 2.58. The highest BCUT2D eigenvalue weighted by atomic mass is 16.6. The number of carbonyl (C=O) groups excluding carboxylic acids is 4. The minimum absolute atomic E-state index is 0.0678. The molecule has 12 nitrogen and oxygen atoms in total.